The Morgan fingerprint density at radius 1 is 0.806 bits per heavy atom. The highest BCUT2D eigenvalue weighted by Crippen LogP contribution is 2.34. The van der Waals surface area contributed by atoms with Gasteiger partial charge in [0.1, 0.15) is 11.6 Å². The zero-order valence-electron chi connectivity index (χ0n) is 17.8. The molecule has 4 aromatic rings. The first kappa shape index (κ1) is 20.2. The summed E-state index contributed by atoms with van der Waals surface area (Å²) in [6, 6.07) is 13.3. The van der Waals surface area contributed by atoms with Crippen LogP contribution in [0.1, 0.15) is 5.56 Å². The first-order chi connectivity index (χ1) is 15.1. The zero-order valence-corrected chi connectivity index (χ0v) is 17.8. The normalized spacial score (nSPS) is 10.6. The number of pyridine rings is 1. The average Bonchev–Trinajstić information content (AvgIpc) is 2.79. The number of nitrogens with one attached hydrogen (secondary N) is 2. The first-order valence-corrected chi connectivity index (χ1v) is 9.63. The van der Waals surface area contributed by atoms with E-state index in [1.54, 1.807) is 39.8 Å². The number of ether oxygens (including phenoxy) is 3. The predicted octanol–water partition coefficient (Wildman–Crippen LogP) is 4.85. The van der Waals surface area contributed by atoms with E-state index in [1.807, 2.05) is 43.3 Å². The highest BCUT2D eigenvalue weighted by atomic mass is 16.5. The SMILES string of the molecule is COc1ccc2ncc(Nc3ccnc(Nc4cc(OC)c(OC)cc4C)n3)cc2c1. The summed E-state index contributed by atoms with van der Waals surface area (Å²) in [5.41, 5.74) is 3.51. The minimum Gasteiger partial charge on any atom is -0.497 e. The van der Waals surface area contributed by atoms with Crippen molar-refractivity contribution in [3.8, 4) is 17.2 Å². The van der Waals surface area contributed by atoms with Crippen LogP contribution in [0.3, 0.4) is 0 Å². The Morgan fingerprint density at radius 2 is 1.61 bits per heavy atom. The van der Waals surface area contributed by atoms with E-state index in [9.17, 15) is 0 Å². The average molecular weight is 417 g/mol. The van der Waals surface area contributed by atoms with Crippen molar-refractivity contribution in [2.45, 2.75) is 6.92 Å². The van der Waals surface area contributed by atoms with Gasteiger partial charge in [0, 0.05) is 23.3 Å². The van der Waals surface area contributed by atoms with Crippen molar-refractivity contribution in [3.63, 3.8) is 0 Å². The van der Waals surface area contributed by atoms with Crippen molar-refractivity contribution in [1.82, 2.24) is 15.0 Å². The van der Waals surface area contributed by atoms with E-state index < -0.39 is 0 Å². The predicted molar refractivity (Wildman–Crippen MR) is 121 cm³/mol. The molecule has 0 atom stereocenters. The number of aryl methyl sites for hydroxylation is 1. The fourth-order valence-electron chi connectivity index (χ4n) is 3.18. The van der Waals surface area contributed by atoms with Gasteiger partial charge in [0.15, 0.2) is 11.5 Å². The highest BCUT2D eigenvalue weighted by molar-refractivity contribution is 5.83. The molecule has 31 heavy (non-hydrogen) atoms. The lowest BCUT2D eigenvalue weighted by Gasteiger charge is -2.14. The van der Waals surface area contributed by atoms with E-state index in [1.165, 1.54) is 0 Å². The molecule has 2 N–H and O–H groups in total. The van der Waals surface area contributed by atoms with Crippen LogP contribution in [0.2, 0.25) is 0 Å². The van der Waals surface area contributed by atoms with Crippen LogP contribution >= 0.6 is 0 Å². The Labute approximate surface area is 180 Å². The van der Waals surface area contributed by atoms with Gasteiger partial charge >= 0.3 is 0 Å². The molecule has 0 aliphatic heterocycles. The van der Waals surface area contributed by atoms with Gasteiger partial charge < -0.3 is 24.8 Å². The van der Waals surface area contributed by atoms with E-state index in [2.05, 4.69) is 25.6 Å². The molecule has 2 aromatic heterocycles. The third-order valence-electron chi connectivity index (χ3n) is 4.79. The van der Waals surface area contributed by atoms with Gasteiger partial charge in [0.05, 0.1) is 38.7 Å². The Hall–Kier alpha value is -4.07. The summed E-state index contributed by atoms with van der Waals surface area (Å²) >= 11 is 0. The van der Waals surface area contributed by atoms with Crippen molar-refractivity contribution in [2.75, 3.05) is 32.0 Å². The molecule has 0 amide bonds. The molecule has 0 aliphatic rings. The van der Waals surface area contributed by atoms with Crippen LogP contribution in [0.25, 0.3) is 10.9 Å². The van der Waals surface area contributed by atoms with Crippen molar-refractivity contribution < 1.29 is 14.2 Å². The lowest BCUT2D eigenvalue weighted by Crippen LogP contribution is -2.02. The molecule has 0 spiro atoms. The molecule has 0 saturated heterocycles. The number of hydrogen-bond donors (Lipinski definition) is 2. The summed E-state index contributed by atoms with van der Waals surface area (Å²) in [4.78, 5) is 13.4. The fourth-order valence-corrected chi connectivity index (χ4v) is 3.18. The number of methoxy groups -OCH3 is 3. The molecule has 0 aliphatic carbocycles. The highest BCUT2D eigenvalue weighted by Gasteiger charge is 2.10. The van der Waals surface area contributed by atoms with Gasteiger partial charge in [-0.1, -0.05) is 0 Å². The molecule has 0 unspecified atom stereocenters. The summed E-state index contributed by atoms with van der Waals surface area (Å²) in [7, 11) is 4.86. The lowest BCUT2D eigenvalue weighted by molar-refractivity contribution is 0.355. The smallest absolute Gasteiger partial charge is 0.229 e. The van der Waals surface area contributed by atoms with E-state index in [0.717, 1.165) is 33.6 Å². The van der Waals surface area contributed by atoms with Crippen molar-refractivity contribution in [3.05, 3.63) is 60.4 Å². The van der Waals surface area contributed by atoms with Gasteiger partial charge in [0.25, 0.3) is 0 Å². The Balaban J connectivity index is 1.57. The van der Waals surface area contributed by atoms with Gasteiger partial charge in [-0.25, -0.2) is 4.98 Å². The number of nitrogens with zero attached hydrogens (tertiary/aromatic N) is 3. The minimum absolute atomic E-state index is 0.454. The third-order valence-corrected chi connectivity index (χ3v) is 4.79. The second-order valence-electron chi connectivity index (χ2n) is 6.82. The molecule has 158 valence electrons. The Bertz CT molecular complexity index is 1230. The quantitative estimate of drug-likeness (QED) is 0.441. The van der Waals surface area contributed by atoms with E-state index >= 15 is 0 Å². The summed E-state index contributed by atoms with van der Waals surface area (Å²) in [6.45, 7) is 1.97. The molecule has 0 fully saturated rings. The molecule has 8 nitrogen and oxygen atoms in total. The number of anilines is 4. The minimum atomic E-state index is 0.454. The Morgan fingerprint density at radius 3 is 2.39 bits per heavy atom. The molecule has 0 saturated carbocycles. The molecule has 2 aromatic carbocycles. The van der Waals surface area contributed by atoms with Crippen LogP contribution in [-0.2, 0) is 0 Å². The molecular formula is C23H23N5O3. The summed E-state index contributed by atoms with van der Waals surface area (Å²) in [5, 5.41) is 7.49. The number of hydrogen-bond acceptors (Lipinski definition) is 8. The van der Waals surface area contributed by atoms with E-state index in [0.29, 0.717) is 23.3 Å². The number of benzene rings is 2. The molecule has 2 heterocycles. The van der Waals surface area contributed by atoms with Crippen molar-refractivity contribution >= 4 is 34.0 Å². The van der Waals surface area contributed by atoms with Gasteiger partial charge in [0.2, 0.25) is 5.95 Å². The molecule has 0 bridgehead atoms. The van der Waals surface area contributed by atoms with Crippen LogP contribution < -0.4 is 24.8 Å². The number of rotatable bonds is 7. The maximum atomic E-state index is 5.39. The van der Waals surface area contributed by atoms with Crippen LogP contribution in [0.5, 0.6) is 17.2 Å². The topological polar surface area (TPSA) is 90.4 Å². The molecule has 4 rings (SSSR count). The second-order valence-corrected chi connectivity index (χ2v) is 6.82. The number of aromatic nitrogens is 3. The largest absolute Gasteiger partial charge is 0.497 e. The maximum Gasteiger partial charge on any atom is 0.229 e. The zero-order chi connectivity index (χ0) is 21.8. The van der Waals surface area contributed by atoms with E-state index in [4.69, 9.17) is 14.2 Å². The van der Waals surface area contributed by atoms with E-state index in [-0.39, 0.29) is 0 Å². The maximum absolute atomic E-state index is 5.39. The van der Waals surface area contributed by atoms with Crippen LogP contribution in [-0.4, -0.2) is 36.3 Å². The fraction of sp³-hybridized carbons (Fsp3) is 0.174. The molecule has 0 radical (unpaired) electrons. The monoisotopic (exact) mass is 417 g/mol. The van der Waals surface area contributed by atoms with Crippen LogP contribution in [0, 0.1) is 6.92 Å². The molecular weight excluding hydrogens is 394 g/mol. The second kappa shape index (κ2) is 8.74. The van der Waals surface area contributed by atoms with Crippen LogP contribution in [0.4, 0.5) is 23.1 Å². The third kappa shape index (κ3) is 4.42. The summed E-state index contributed by atoms with van der Waals surface area (Å²) in [6.07, 6.45) is 3.45. The van der Waals surface area contributed by atoms with Crippen molar-refractivity contribution in [2.24, 2.45) is 0 Å². The standard InChI is InChI=1S/C23H23N5O3/c1-14-9-20(30-3)21(31-4)12-19(14)27-23-24-8-7-22(28-23)26-16-10-15-11-17(29-2)5-6-18(15)25-13-16/h5-13H,1-4H3,(H2,24,26,27,28). The molecule has 8 heteroatoms. The van der Waals surface area contributed by atoms with Crippen LogP contribution in [0.15, 0.2) is 54.9 Å². The van der Waals surface area contributed by atoms with Gasteiger partial charge in [-0.15, -0.1) is 0 Å². The summed E-state index contributed by atoms with van der Waals surface area (Å²) in [5.74, 6) is 3.17. The Kier molecular flexibility index (Phi) is 5.70. The number of fused-ring (bicyclic) bond motifs is 1. The van der Waals surface area contributed by atoms with Gasteiger partial charge in [-0.2, -0.15) is 4.98 Å². The van der Waals surface area contributed by atoms with Gasteiger partial charge in [-0.3, -0.25) is 4.98 Å². The lowest BCUT2D eigenvalue weighted by atomic mass is 10.1. The van der Waals surface area contributed by atoms with Crippen molar-refractivity contribution in [1.29, 1.82) is 0 Å². The van der Waals surface area contributed by atoms with Gasteiger partial charge in [-0.05, 0) is 48.9 Å². The first-order valence-electron chi connectivity index (χ1n) is 9.63. The summed E-state index contributed by atoms with van der Waals surface area (Å²) < 4.78 is 16.0.